The van der Waals surface area contributed by atoms with E-state index in [1.54, 1.807) is 0 Å². The number of para-hydroxylation sites is 1. The highest BCUT2D eigenvalue weighted by atomic mass is 16.5. The average molecular weight is 297 g/mol. The van der Waals surface area contributed by atoms with Crippen molar-refractivity contribution in [3.05, 3.63) is 65.7 Å². The smallest absolute Gasteiger partial charge is 0.125 e. The molecule has 2 aromatic rings. The first-order valence-corrected chi connectivity index (χ1v) is 7.98. The van der Waals surface area contributed by atoms with Crippen LogP contribution in [0.15, 0.2) is 54.6 Å². The largest absolute Gasteiger partial charge is 0.485 e. The molecule has 0 aliphatic heterocycles. The highest BCUT2D eigenvalue weighted by molar-refractivity contribution is 5.33. The Morgan fingerprint density at radius 2 is 1.59 bits per heavy atom. The number of aryl methyl sites for hydroxylation is 1. The predicted molar refractivity (Wildman–Crippen MR) is 93.4 cm³/mol. The average Bonchev–Trinajstić information content (AvgIpc) is 2.48. The summed E-state index contributed by atoms with van der Waals surface area (Å²) in [5, 5.41) is 3.54. The molecule has 118 valence electrons. The minimum absolute atomic E-state index is 0.0668. The second-order valence-electron chi connectivity index (χ2n) is 6.75. The van der Waals surface area contributed by atoms with E-state index in [4.69, 9.17) is 4.74 Å². The van der Waals surface area contributed by atoms with Crippen molar-refractivity contribution in [2.75, 3.05) is 6.54 Å². The van der Waals surface area contributed by atoms with Crippen LogP contribution in [0.1, 0.15) is 44.4 Å². The topological polar surface area (TPSA) is 21.3 Å². The van der Waals surface area contributed by atoms with Crippen molar-refractivity contribution in [2.45, 2.75) is 45.8 Å². The summed E-state index contributed by atoms with van der Waals surface area (Å²) >= 11 is 0. The van der Waals surface area contributed by atoms with Crippen LogP contribution in [0.5, 0.6) is 5.75 Å². The number of benzene rings is 2. The zero-order valence-electron chi connectivity index (χ0n) is 14.1. The van der Waals surface area contributed by atoms with E-state index in [0.717, 1.165) is 18.7 Å². The summed E-state index contributed by atoms with van der Waals surface area (Å²) in [5.74, 6) is 0.965. The quantitative estimate of drug-likeness (QED) is 0.819. The summed E-state index contributed by atoms with van der Waals surface area (Å²) in [6.45, 7) is 9.58. The van der Waals surface area contributed by atoms with Gasteiger partial charge in [-0.2, -0.15) is 0 Å². The minimum Gasteiger partial charge on any atom is -0.485 e. The maximum absolute atomic E-state index is 6.31. The molecule has 0 fully saturated rings. The monoisotopic (exact) mass is 297 g/mol. The number of nitrogens with one attached hydrogen (secondary N) is 1. The van der Waals surface area contributed by atoms with Gasteiger partial charge in [0.25, 0.3) is 0 Å². The highest BCUT2D eigenvalue weighted by Gasteiger charge is 2.16. The summed E-state index contributed by atoms with van der Waals surface area (Å²) in [7, 11) is 0. The summed E-state index contributed by atoms with van der Waals surface area (Å²) in [6, 6.07) is 18.7. The molecule has 0 aliphatic carbocycles. The van der Waals surface area contributed by atoms with Crippen LogP contribution in [0.25, 0.3) is 0 Å². The third-order valence-electron chi connectivity index (χ3n) is 3.60. The fraction of sp³-hybridized carbons (Fsp3) is 0.400. The van der Waals surface area contributed by atoms with E-state index in [9.17, 15) is 0 Å². The van der Waals surface area contributed by atoms with Gasteiger partial charge >= 0.3 is 0 Å². The van der Waals surface area contributed by atoms with Crippen LogP contribution in [-0.2, 0) is 0 Å². The number of rotatable bonds is 6. The Morgan fingerprint density at radius 3 is 2.23 bits per heavy atom. The van der Waals surface area contributed by atoms with Gasteiger partial charge < -0.3 is 10.1 Å². The van der Waals surface area contributed by atoms with Crippen LogP contribution in [0, 0.1) is 6.92 Å². The van der Waals surface area contributed by atoms with Gasteiger partial charge in [-0.25, -0.2) is 0 Å². The lowest BCUT2D eigenvalue weighted by Crippen LogP contribution is -2.37. The standard InChI is InChI=1S/C20H27NO/c1-16-10-8-9-13-18(16)22-19(14-15-21-20(2,3)4)17-11-6-5-7-12-17/h5-13,19,21H,14-15H2,1-4H3/t19-/m1/s1. The molecule has 1 N–H and O–H groups in total. The van der Waals surface area contributed by atoms with Crippen molar-refractivity contribution >= 4 is 0 Å². The Bertz CT molecular complexity index is 572. The first kappa shape index (κ1) is 16.6. The zero-order valence-corrected chi connectivity index (χ0v) is 14.1. The third kappa shape index (κ3) is 5.19. The van der Waals surface area contributed by atoms with Gasteiger partial charge in [0.2, 0.25) is 0 Å². The molecule has 0 heterocycles. The second-order valence-corrected chi connectivity index (χ2v) is 6.75. The second kappa shape index (κ2) is 7.46. The zero-order chi connectivity index (χ0) is 16.0. The number of ether oxygens (including phenoxy) is 1. The van der Waals surface area contributed by atoms with Crippen LogP contribution in [0.2, 0.25) is 0 Å². The Hall–Kier alpha value is -1.80. The van der Waals surface area contributed by atoms with Gasteiger partial charge in [0.1, 0.15) is 11.9 Å². The van der Waals surface area contributed by atoms with Gasteiger partial charge in [-0.05, 0) is 51.4 Å². The van der Waals surface area contributed by atoms with Crippen molar-refractivity contribution in [3.63, 3.8) is 0 Å². The third-order valence-corrected chi connectivity index (χ3v) is 3.60. The number of hydrogen-bond donors (Lipinski definition) is 1. The first-order valence-electron chi connectivity index (χ1n) is 7.98. The Kier molecular flexibility index (Phi) is 5.62. The molecule has 0 saturated carbocycles. The Morgan fingerprint density at radius 1 is 0.955 bits per heavy atom. The van der Waals surface area contributed by atoms with Gasteiger partial charge in [0.05, 0.1) is 0 Å². The van der Waals surface area contributed by atoms with Crippen molar-refractivity contribution in [1.29, 1.82) is 0 Å². The predicted octanol–water partition coefficient (Wildman–Crippen LogP) is 4.89. The van der Waals surface area contributed by atoms with Crippen molar-refractivity contribution < 1.29 is 4.74 Å². The fourth-order valence-corrected chi connectivity index (χ4v) is 2.38. The summed E-state index contributed by atoms with van der Waals surface area (Å²) < 4.78 is 6.31. The molecular formula is C20H27NO. The molecule has 0 spiro atoms. The van der Waals surface area contributed by atoms with Crippen LogP contribution in [0.4, 0.5) is 0 Å². The summed E-state index contributed by atoms with van der Waals surface area (Å²) in [6.07, 6.45) is 1.01. The van der Waals surface area contributed by atoms with E-state index in [0.29, 0.717) is 0 Å². The molecular weight excluding hydrogens is 270 g/mol. The van der Waals surface area contributed by atoms with Crippen LogP contribution >= 0.6 is 0 Å². The van der Waals surface area contributed by atoms with Gasteiger partial charge in [-0.3, -0.25) is 0 Å². The maximum atomic E-state index is 6.31. The Labute approximate surface area is 134 Å². The van der Waals surface area contributed by atoms with E-state index in [-0.39, 0.29) is 11.6 Å². The summed E-state index contributed by atoms with van der Waals surface area (Å²) in [5.41, 5.74) is 2.53. The molecule has 2 rings (SSSR count). The summed E-state index contributed by atoms with van der Waals surface area (Å²) in [4.78, 5) is 0. The lowest BCUT2D eigenvalue weighted by atomic mass is 10.0. The molecule has 0 bridgehead atoms. The van der Waals surface area contributed by atoms with Crippen molar-refractivity contribution in [2.24, 2.45) is 0 Å². The molecule has 0 unspecified atom stereocenters. The van der Waals surface area contributed by atoms with Gasteiger partial charge in [-0.1, -0.05) is 48.5 Å². The molecule has 0 aliphatic rings. The molecule has 1 atom stereocenters. The molecule has 0 radical (unpaired) electrons. The number of hydrogen-bond acceptors (Lipinski definition) is 2. The van der Waals surface area contributed by atoms with Crippen molar-refractivity contribution in [3.8, 4) is 5.75 Å². The SMILES string of the molecule is Cc1ccccc1O[C@H](CCNC(C)(C)C)c1ccccc1. The van der Waals surface area contributed by atoms with E-state index < -0.39 is 0 Å². The van der Waals surface area contributed by atoms with E-state index in [1.807, 2.05) is 24.3 Å². The molecule has 2 nitrogen and oxygen atoms in total. The molecule has 0 aromatic heterocycles. The fourth-order valence-electron chi connectivity index (χ4n) is 2.38. The van der Waals surface area contributed by atoms with Crippen molar-refractivity contribution in [1.82, 2.24) is 5.32 Å². The van der Waals surface area contributed by atoms with Gasteiger partial charge in [0.15, 0.2) is 0 Å². The normalized spacial score (nSPS) is 12.9. The molecule has 2 aromatic carbocycles. The van der Waals surface area contributed by atoms with Crippen LogP contribution < -0.4 is 10.1 Å². The van der Waals surface area contributed by atoms with E-state index in [2.05, 4.69) is 63.3 Å². The molecule has 2 heteroatoms. The van der Waals surface area contributed by atoms with E-state index >= 15 is 0 Å². The minimum atomic E-state index is 0.0668. The van der Waals surface area contributed by atoms with Crippen LogP contribution in [0.3, 0.4) is 0 Å². The van der Waals surface area contributed by atoms with Crippen LogP contribution in [-0.4, -0.2) is 12.1 Å². The lowest BCUT2D eigenvalue weighted by molar-refractivity contribution is 0.188. The molecule has 22 heavy (non-hydrogen) atoms. The highest BCUT2D eigenvalue weighted by Crippen LogP contribution is 2.27. The first-order chi connectivity index (χ1) is 10.5. The Balaban J connectivity index is 2.10. The van der Waals surface area contributed by atoms with Gasteiger partial charge in [0, 0.05) is 12.0 Å². The van der Waals surface area contributed by atoms with E-state index in [1.165, 1.54) is 11.1 Å². The lowest BCUT2D eigenvalue weighted by Gasteiger charge is -2.25. The van der Waals surface area contributed by atoms with Gasteiger partial charge in [-0.15, -0.1) is 0 Å². The maximum Gasteiger partial charge on any atom is 0.125 e. The molecule has 0 saturated heterocycles. The molecule has 0 amide bonds.